The topological polar surface area (TPSA) is 30.2 Å². The minimum Gasteiger partial charge on any atom is -0.288 e. The van der Waals surface area contributed by atoms with Crippen molar-refractivity contribution in [1.82, 2.24) is 14.4 Å². The molecule has 0 fully saturated rings. The predicted molar refractivity (Wildman–Crippen MR) is 303 cm³/mol. The Morgan fingerprint density at radius 1 is 0.551 bits per heavy atom. The van der Waals surface area contributed by atoms with Crippen LogP contribution in [0.15, 0.2) is 128 Å². The minimum atomic E-state index is 0.440. The number of hydrogen-bond acceptors (Lipinski definition) is 2. The van der Waals surface area contributed by atoms with Crippen LogP contribution in [0.1, 0.15) is 153 Å². The number of nitrogens with zero attached hydrogens (tertiary/aromatic N) is 3. The summed E-state index contributed by atoms with van der Waals surface area (Å²) >= 11 is 0. The fourth-order valence-electron chi connectivity index (χ4n) is 10.9. The Morgan fingerprint density at radius 2 is 1.10 bits per heavy atom. The van der Waals surface area contributed by atoms with Crippen molar-refractivity contribution in [1.29, 1.82) is 0 Å². The van der Waals surface area contributed by atoms with Gasteiger partial charge >= 0.3 is 0 Å². The van der Waals surface area contributed by atoms with Gasteiger partial charge in [-0.2, -0.15) is 0 Å². The van der Waals surface area contributed by atoms with E-state index < -0.39 is 0 Å². The lowest BCUT2D eigenvalue weighted by Gasteiger charge is -2.17. The van der Waals surface area contributed by atoms with Gasteiger partial charge in [0.05, 0.1) is 5.69 Å². The molecule has 0 radical (unpaired) electrons. The number of fused-ring (bicyclic) bond motifs is 5. The Kier molecular flexibility index (Phi) is 14.3. The van der Waals surface area contributed by atoms with Crippen molar-refractivity contribution in [2.75, 3.05) is 0 Å². The molecule has 0 bridgehead atoms. The van der Waals surface area contributed by atoms with E-state index in [4.69, 9.17) is 4.98 Å². The summed E-state index contributed by atoms with van der Waals surface area (Å²) < 4.78 is 2.05. The summed E-state index contributed by atoms with van der Waals surface area (Å²) in [6.45, 7) is 33.2. The fraction of sp³-hybridized carbons (Fsp3) is 0.303. The lowest BCUT2D eigenvalue weighted by Crippen LogP contribution is -2.08. The molecule has 1 atom stereocenters. The molecule has 2 heterocycles. The lowest BCUT2D eigenvalue weighted by atomic mass is 9.87. The van der Waals surface area contributed by atoms with E-state index >= 15 is 0 Å². The molecule has 0 amide bonds. The first-order valence-corrected chi connectivity index (χ1v) is 25.3. The first-order chi connectivity index (χ1) is 33.0. The molecule has 3 heteroatoms. The second-order valence-electron chi connectivity index (χ2n) is 20.8. The fourth-order valence-corrected chi connectivity index (χ4v) is 10.9. The molecule has 1 unspecified atom stereocenters. The number of imidazole rings is 1. The Hall–Kier alpha value is -6.58. The molecule has 10 aromatic rings. The van der Waals surface area contributed by atoms with Gasteiger partial charge in [-0.3, -0.25) is 4.40 Å². The first-order valence-electron chi connectivity index (χ1n) is 25.3. The van der Waals surface area contributed by atoms with Gasteiger partial charge in [0.15, 0.2) is 0 Å². The van der Waals surface area contributed by atoms with Crippen LogP contribution >= 0.6 is 0 Å². The third-order valence-electron chi connectivity index (χ3n) is 14.5. The van der Waals surface area contributed by atoms with Crippen LogP contribution < -0.4 is 0 Å². The average Bonchev–Trinajstić information content (AvgIpc) is 3.99. The Bertz CT molecular complexity index is 3540. The first kappa shape index (κ1) is 48.9. The number of rotatable bonds is 5. The molecule has 2 aromatic heterocycles. The number of allylic oxidation sites excluding steroid dienone is 2. The maximum absolute atomic E-state index is 4.72. The van der Waals surface area contributed by atoms with Crippen LogP contribution in [0.25, 0.3) is 71.7 Å². The lowest BCUT2D eigenvalue weighted by molar-refractivity contribution is 0.570. The average molecular weight is 908 g/mol. The second kappa shape index (κ2) is 20.2. The molecular formula is C66H73N3. The number of benzene rings is 8. The minimum absolute atomic E-state index is 0.440. The molecule has 0 N–H and O–H groups in total. The SMILES string of the molecule is C/C=C\c1c(C)cc2c(C(C)C)cccc2c1C.Cc1cc(C)c2cccc(C(C)C)c2c1.Cc1cc2c(C(C)C)ccc3ccc4cccc1c4c32.Cc1nc2c(c3nccn13)C=CC2C(C)C. The summed E-state index contributed by atoms with van der Waals surface area (Å²) in [5, 5.41) is 14.0. The van der Waals surface area contributed by atoms with E-state index in [0.29, 0.717) is 29.6 Å². The third-order valence-corrected chi connectivity index (χ3v) is 14.5. The quantitative estimate of drug-likeness (QED) is 0.161. The van der Waals surface area contributed by atoms with Crippen molar-refractivity contribution in [2.24, 2.45) is 5.92 Å². The molecule has 69 heavy (non-hydrogen) atoms. The summed E-state index contributed by atoms with van der Waals surface area (Å²) in [6, 6.07) is 38.3. The maximum atomic E-state index is 4.72. The van der Waals surface area contributed by atoms with Gasteiger partial charge in [0.2, 0.25) is 0 Å². The zero-order valence-corrected chi connectivity index (χ0v) is 44.0. The smallest absolute Gasteiger partial charge is 0.147 e. The van der Waals surface area contributed by atoms with Crippen LogP contribution in [-0.2, 0) is 0 Å². The Labute approximate surface area is 412 Å². The molecule has 8 aromatic carbocycles. The summed E-state index contributed by atoms with van der Waals surface area (Å²) in [5.74, 6) is 3.76. The predicted octanol–water partition coefficient (Wildman–Crippen LogP) is 19.0. The van der Waals surface area contributed by atoms with Crippen molar-refractivity contribution in [3.8, 4) is 0 Å². The van der Waals surface area contributed by atoms with Crippen molar-refractivity contribution in [3.05, 3.63) is 195 Å². The standard InChI is InChI=1S/C20H18.C18H22.C15H18.C13H15N3/c1-12(2)16-10-9-15-8-7-14-5-4-6-17-13(3)11-18(16)20(15)19(14)17;1-6-8-16-13(4)11-18-15(12(2)3)9-7-10-17(18)14(16)5;1-10(2)13-6-5-7-14-12(4)8-11(3)9-15(13)14;1-8(2)10-4-5-11-12(10)15-9(3)16-7-6-14-13(11)16/h4-12H,1-3H3;6-12H,1-5H3;5-10H,1-4H3;4-8,10H,1-3H3/b;8-6-;;. The molecule has 0 aliphatic heterocycles. The van der Waals surface area contributed by atoms with Gasteiger partial charge in [-0.1, -0.05) is 188 Å². The van der Waals surface area contributed by atoms with E-state index in [-0.39, 0.29) is 0 Å². The highest BCUT2D eigenvalue weighted by atomic mass is 15.1. The molecule has 352 valence electrons. The monoisotopic (exact) mass is 908 g/mol. The number of aromatic nitrogens is 3. The number of aryl methyl sites for hydroxylation is 6. The van der Waals surface area contributed by atoms with E-state index in [0.717, 1.165) is 11.5 Å². The normalized spacial score (nSPS) is 13.4. The molecule has 3 nitrogen and oxygen atoms in total. The third kappa shape index (κ3) is 9.46. The van der Waals surface area contributed by atoms with E-state index in [2.05, 4.69) is 229 Å². The molecule has 1 aliphatic carbocycles. The highest BCUT2D eigenvalue weighted by Gasteiger charge is 2.25. The number of hydrogen-bond donors (Lipinski definition) is 0. The van der Waals surface area contributed by atoms with Crippen LogP contribution in [-0.4, -0.2) is 14.4 Å². The second-order valence-corrected chi connectivity index (χ2v) is 20.8. The van der Waals surface area contributed by atoms with Gasteiger partial charge in [-0.05, 0) is 171 Å². The van der Waals surface area contributed by atoms with Gasteiger partial charge in [-0.15, -0.1) is 0 Å². The zero-order valence-electron chi connectivity index (χ0n) is 44.0. The van der Waals surface area contributed by atoms with E-state index in [1.165, 1.54) is 115 Å². The molecular weight excluding hydrogens is 835 g/mol. The van der Waals surface area contributed by atoms with Gasteiger partial charge < -0.3 is 0 Å². The van der Waals surface area contributed by atoms with E-state index in [1.807, 2.05) is 23.7 Å². The highest BCUT2D eigenvalue weighted by Crippen LogP contribution is 2.40. The summed E-state index contributed by atoms with van der Waals surface area (Å²) in [4.78, 5) is 9.13. The van der Waals surface area contributed by atoms with Gasteiger partial charge in [-0.25, -0.2) is 9.97 Å². The molecule has 11 rings (SSSR count). The largest absolute Gasteiger partial charge is 0.288 e. The maximum Gasteiger partial charge on any atom is 0.147 e. The van der Waals surface area contributed by atoms with E-state index in [1.54, 1.807) is 0 Å². The molecule has 0 saturated heterocycles. The van der Waals surface area contributed by atoms with Crippen LogP contribution in [0.2, 0.25) is 0 Å². The molecule has 0 spiro atoms. The van der Waals surface area contributed by atoms with Crippen LogP contribution in [0.3, 0.4) is 0 Å². The summed E-state index contributed by atoms with van der Waals surface area (Å²) in [5.41, 5.74) is 16.0. The van der Waals surface area contributed by atoms with Crippen molar-refractivity contribution in [2.45, 2.75) is 128 Å². The van der Waals surface area contributed by atoms with Crippen LogP contribution in [0.4, 0.5) is 0 Å². The van der Waals surface area contributed by atoms with Gasteiger partial charge in [0.25, 0.3) is 0 Å². The van der Waals surface area contributed by atoms with Crippen molar-refractivity contribution < 1.29 is 0 Å². The Morgan fingerprint density at radius 3 is 1.75 bits per heavy atom. The summed E-state index contributed by atoms with van der Waals surface area (Å²) in [7, 11) is 0. The van der Waals surface area contributed by atoms with Crippen LogP contribution in [0.5, 0.6) is 0 Å². The van der Waals surface area contributed by atoms with Crippen LogP contribution in [0, 0.1) is 47.5 Å². The highest BCUT2D eigenvalue weighted by molar-refractivity contribution is 6.24. The molecule has 1 aliphatic rings. The van der Waals surface area contributed by atoms with E-state index in [9.17, 15) is 0 Å². The van der Waals surface area contributed by atoms with Gasteiger partial charge in [0, 0.05) is 23.9 Å². The van der Waals surface area contributed by atoms with Crippen molar-refractivity contribution in [3.63, 3.8) is 0 Å². The summed E-state index contributed by atoms with van der Waals surface area (Å²) in [6.07, 6.45) is 12.5. The zero-order chi connectivity index (χ0) is 49.4. The van der Waals surface area contributed by atoms with Crippen molar-refractivity contribution >= 4 is 71.7 Å². The Balaban J connectivity index is 0.000000125. The van der Waals surface area contributed by atoms with Gasteiger partial charge in [0.1, 0.15) is 11.5 Å². The molecule has 0 saturated carbocycles.